The summed E-state index contributed by atoms with van der Waals surface area (Å²) in [5.41, 5.74) is 5.42. The lowest BCUT2D eigenvalue weighted by Crippen LogP contribution is -2.14. The third-order valence-electron chi connectivity index (χ3n) is 3.88. The minimum absolute atomic E-state index is 0.0425. The molecule has 0 radical (unpaired) electrons. The van der Waals surface area contributed by atoms with Gasteiger partial charge in [0.2, 0.25) is 0 Å². The van der Waals surface area contributed by atoms with E-state index in [1.165, 1.54) is 51.4 Å². The minimum Gasteiger partial charge on any atom is -0.463 e. The number of nitrogens with two attached hydrogens (primary N) is 1. The quantitative estimate of drug-likeness (QED) is 0.343. The summed E-state index contributed by atoms with van der Waals surface area (Å²) in [6.45, 7) is 4.98. The zero-order valence-electron chi connectivity index (χ0n) is 14.4. The summed E-state index contributed by atoms with van der Waals surface area (Å²) in [7, 11) is 0. The van der Waals surface area contributed by atoms with Crippen LogP contribution >= 0.6 is 0 Å². The van der Waals surface area contributed by atoms with E-state index in [9.17, 15) is 4.79 Å². The summed E-state index contributed by atoms with van der Waals surface area (Å²) < 4.78 is 5.42. The number of hydrogen-bond acceptors (Lipinski definition) is 3. The molecule has 1 unspecified atom stereocenters. The summed E-state index contributed by atoms with van der Waals surface area (Å²) >= 11 is 0. The first-order valence-electron chi connectivity index (χ1n) is 9.10. The molecule has 0 aromatic rings. The molecule has 0 aliphatic carbocycles. The van der Waals surface area contributed by atoms with Gasteiger partial charge in [-0.15, -0.1) is 0 Å². The van der Waals surface area contributed by atoms with Crippen molar-refractivity contribution in [2.75, 3.05) is 6.54 Å². The van der Waals surface area contributed by atoms with Gasteiger partial charge in [0.15, 0.2) is 0 Å². The summed E-state index contributed by atoms with van der Waals surface area (Å²) in [5, 5.41) is 0. The first kappa shape index (κ1) is 20.4. The Hall–Kier alpha value is -0.570. The normalized spacial score (nSPS) is 12.3. The molecule has 0 aliphatic heterocycles. The highest BCUT2D eigenvalue weighted by Gasteiger charge is 2.08. The van der Waals surface area contributed by atoms with Crippen LogP contribution in [0.25, 0.3) is 0 Å². The summed E-state index contributed by atoms with van der Waals surface area (Å²) in [6, 6.07) is 0. The highest BCUT2D eigenvalue weighted by atomic mass is 16.5. The molecule has 0 saturated carbocycles. The van der Waals surface area contributed by atoms with Gasteiger partial charge in [-0.2, -0.15) is 0 Å². The molecule has 0 aliphatic rings. The van der Waals surface area contributed by atoms with E-state index in [0.717, 1.165) is 25.7 Å². The zero-order chi connectivity index (χ0) is 15.8. The molecule has 1 atom stereocenters. The first-order valence-corrected chi connectivity index (χ1v) is 9.10. The van der Waals surface area contributed by atoms with E-state index in [1.807, 2.05) is 6.92 Å². The van der Waals surface area contributed by atoms with Crippen molar-refractivity contribution in [3.05, 3.63) is 0 Å². The highest BCUT2D eigenvalue weighted by molar-refractivity contribution is 5.69. The van der Waals surface area contributed by atoms with Gasteiger partial charge in [-0.1, -0.05) is 58.3 Å². The molecule has 3 heteroatoms. The molecule has 0 saturated heterocycles. The van der Waals surface area contributed by atoms with Crippen LogP contribution in [0.1, 0.15) is 97.3 Å². The maximum Gasteiger partial charge on any atom is 0.306 e. The van der Waals surface area contributed by atoms with Crippen LogP contribution < -0.4 is 5.73 Å². The molecule has 0 aromatic heterocycles. The van der Waals surface area contributed by atoms with Gasteiger partial charge in [-0.05, 0) is 39.2 Å². The van der Waals surface area contributed by atoms with Gasteiger partial charge in [0.1, 0.15) is 0 Å². The number of hydrogen-bond donors (Lipinski definition) is 1. The summed E-state index contributed by atoms with van der Waals surface area (Å²) in [6.07, 6.45) is 15.1. The largest absolute Gasteiger partial charge is 0.463 e. The number of carbonyl (C=O) groups is 1. The van der Waals surface area contributed by atoms with Crippen molar-refractivity contribution in [3.63, 3.8) is 0 Å². The van der Waals surface area contributed by atoms with E-state index >= 15 is 0 Å². The zero-order valence-corrected chi connectivity index (χ0v) is 14.4. The Morgan fingerprint density at radius 1 is 0.905 bits per heavy atom. The van der Waals surface area contributed by atoms with E-state index in [-0.39, 0.29) is 12.1 Å². The number of carbonyl (C=O) groups excluding carboxylic acids is 1. The number of rotatable bonds is 15. The van der Waals surface area contributed by atoms with Crippen molar-refractivity contribution in [2.45, 2.75) is 103 Å². The van der Waals surface area contributed by atoms with Crippen molar-refractivity contribution in [3.8, 4) is 0 Å². The van der Waals surface area contributed by atoms with E-state index in [1.54, 1.807) is 0 Å². The Morgan fingerprint density at radius 2 is 1.48 bits per heavy atom. The molecule has 0 aromatic carbocycles. The van der Waals surface area contributed by atoms with Crippen LogP contribution in [0.2, 0.25) is 0 Å². The topological polar surface area (TPSA) is 52.3 Å². The molecular formula is C18H37NO2. The standard InChI is InChI=1S/C18H37NO2/c1-3-4-5-6-7-8-9-11-14-17(2)21-18(20)15-12-10-13-16-19/h17H,3-16,19H2,1-2H3. The molecule has 0 rings (SSSR count). The van der Waals surface area contributed by atoms with Crippen molar-refractivity contribution in [1.82, 2.24) is 0 Å². The Balaban J connectivity index is 3.32. The van der Waals surface area contributed by atoms with Crippen LogP contribution in [0.3, 0.4) is 0 Å². The lowest BCUT2D eigenvalue weighted by molar-refractivity contribution is -0.148. The van der Waals surface area contributed by atoms with E-state index in [0.29, 0.717) is 13.0 Å². The molecular weight excluding hydrogens is 262 g/mol. The number of esters is 1. The third-order valence-corrected chi connectivity index (χ3v) is 3.88. The fourth-order valence-corrected chi connectivity index (χ4v) is 2.50. The predicted molar refractivity (Wildman–Crippen MR) is 90.3 cm³/mol. The maximum atomic E-state index is 11.6. The Labute approximate surface area is 132 Å². The van der Waals surface area contributed by atoms with Crippen LogP contribution in [0, 0.1) is 0 Å². The molecule has 0 fully saturated rings. The van der Waals surface area contributed by atoms with E-state index in [4.69, 9.17) is 10.5 Å². The average molecular weight is 299 g/mol. The number of ether oxygens (including phenoxy) is 1. The maximum absolute atomic E-state index is 11.6. The molecule has 0 bridgehead atoms. The Kier molecular flexibility index (Phi) is 15.4. The van der Waals surface area contributed by atoms with Gasteiger partial charge >= 0.3 is 5.97 Å². The summed E-state index contributed by atoms with van der Waals surface area (Å²) in [4.78, 5) is 11.6. The van der Waals surface area contributed by atoms with Crippen molar-refractivity contribution in [1.29, 1.82) is 0 Å². The smallest absolute Gasteiger partial charge is 0.306 e. The lowest BCUT2D eigenvalue weighted by Gasteiger charge is -2.13. The summed E-state index contributed by atoms with van der Waals surface area (Å²) in [5.74, 6) is -0.0425. The van der Waals surface area contributed by atoms with Gasteiger partial charge in [0, 0.05) is 6.42 Å². The average Bonchev–Trinajstić information content (AvgIpc) is 2.46. The molecule has 21 heavy (non-hydrogen) atoms. The van der Waals surface area contributed by atoms with Crippen LogP contribution in [0.4, 0.5) is 0 Å². The second-order valence-electron chi connectivity index (χ2n) is 6.16. The lowest BCUT2D eigenvalue weighted by atomic mass is 10.1. The molecule has 0 amide bonds. The van der Waals surface area contributed by atoms with Gasteiger partial charge in [-0.3, -0.25) is 4.79 Å². The first-order chi connectivity index (χ1) is 10.2. The molecule has 2 N–H and O–H groups in total. The van der Waals surface area contributed by atoms with Gasteiger partial charge in [0.05, 0.1) is 6.10 Å². The minimum atomic E-state index is -0.0425. The van der Waals surface area contributed by atoms with E-state index < -0.39 is 0 Å². The van der Waals surface area contributed by atoms with Crippen LogP contribution in [0.5, 0.6) is 0 Å². The van der Waals surface area contributed by atoms with Crippen LogP contribution in [-0.4, -0.2) is 18.6 Å². The molecule has 126 valence electrons. The van der Waals surface area contributed by atoms with Gasteiger partial charge in [0.25, 0.3) is 0 Å². The second-order valence-corrected chi connectivity index (χ2v) is 6.16. The van der Waals surface area contributed by atoms with Crippen molar-refractivity contribution >= 4 is 5.97 Å². The molecule has 0 heterocycles. The monoisotopic (exact) mass is 299 g/mol. The SMILES string of the molecule is CCCCCCCCCCC(C)OC(=O)CCCCCN. The molecule has 0 spiro atoms. The van der Waals surface area contributed by atoms with Crippen LogP contribution in [-0.2, 0) is 9.53 Å². The fourth-order valence-electron chi connectivity index (χ4n) is 2.50. The highest BCUT2D eigenvalue weighted by Crippen LogP contribution is 2.12. The van der Waals surface area contributed by atoms with Gasteiger partial charge in [-0.25, -0.2) is 0 Å². The van der Waals surface area contributed by atoms with Crippen molar-refractivity contribution < 1.29 is 9.53 Å². The second kappa shape index (κ2) is 15.8. The van der Waals surface area contributed by atoms with Crippen molar-refractivity contribution in [2.24, 2.45) is 5.73 Å². The third kappa shape index (κ3) is 15.6. The van der Waals surface area contributed by atoms with E-state index in [2.05, 4.69) is 6.92 Å². The van der Waals surface area contributed by atoms with Crippen LogP contribution in [0.15, 0.2) is 0 Å². The Morgan fingerprint density at radius 3 is 2.10 bits per heavy atom. The Bertz CT molecular complexity index is 231. The molecule has 3 nitrogen and oxygen atoms in total. The van der Waals surface area contributed by atoms with Gasteiger partial charge < -0.3 is 10.5 Å². The predicted octanol–water partition coefficient (Wildman–Crippen LogP) is 4.97. The number of unbranched alkanes of at least 4 members (excludes halogenated alkanes) is 9. The fraction of sp³-hybridized carbons (Fsp3) is 0.944.